The van der Waals surface area contributed by atoms with Gasteiger partial charge in [-0.15, -0.1) is 0 Å². The summed E-state index contributed by atoms with van der Waals surface area (Å²) in [6.45, 7) is 6.98. The zero-order valence-corrected chi connectivity index (χ0v) is 9.25. The molecule has 1 aliphatic rings. The van der Waals surface area contributed by atoms with Gasteiger partial charge in [0.2, 0.25) is 0 Å². The van der Waals surface area contributed by atoms with Crippen molar-refractivity contribution in [2.45, 2.75) is 31.8 Å². The second-order valence-corrected chi connectivity index (χ2v) is 4.79. The summed E-state index contributed by atoms with van der Waals surface area (Å²) in [4.78, 5) is 4.74. The lowest BCUT2D eigenvalue weighted by molar-refractivity contribution is -0.00388. The highest BCUT2D eigenvalue weighted by atomic mass is 16.3. The molecule has 1 fully saturated rings. The van der Waals surface area contributed by atoms with Crippen LogP contribution in [0.15, 0.2) is 0 Å². The van der Waals surface area contributed by atoms with E-state index in [9.17, 15) is 0 Å². The van der Waals surface area contributed by atoms with E-state index < -0.39 is 0 Å². The minimum Gasteiger partial charge on any atom is -0.396 e. The lowest BCUT2D eigenvalue weighted by Crippen LogP contribution is -2.61. The fourth-order valence-electron chi connectivity index (χ4n) is 2.25. The summed E-state index contributed by atoms with van der Waals surface area (Å²) in [6.07, 6.45) is 0.879. The predicted molar refractivity (Wildman–Crippen MR) is 54.8 cm³/mol. The monoisotopic (exact) mass is 186 g/mol. The van der Waals surface area contributed by atoms with Gasteiger partial charge in [-0.05, 0) is 34.4 Å². The summed E-state index contributed by atoms with van der Waals surface area (Å²) in [5.41, 5.74) is 0.229. The standard InChI is InChI=1S/C10H22N2O/c1-10(2)8-11(3)7-9(5-6-13)12(10)4/h9,13H,5-8H2,1-4H3. The second-order valence-electron chi connectivity index (χ2n) is 4.79. The van der Waals surface area contributed by atoms with E-state index in [4.69, 9.17) is 5.11 Å². The molecule has 0 aromatic rings. The number of rotatable bonds is 2. The molecule has 1 N–H and O–H groups in total. The van der Waals surface area contributed by atoms with Crippen molar-refractivity contribution in [1.29, 1.82) is 0 Å². The van der Waals surface area contributed by atoms with Crippen LogP contribution in [-0.2, 0) is 0 Å². The van der Waals surface area contributed by atoms with E-state index in [1.807, 2.05) is 0 Å². The molecule has 0 amide bonds. The van der Waals surface area contributed by atoms with Gasteiger partial charge in [0.05, 0.1) is 0 Å². The Kier molecular flexibility index (Phi) is 3.33. The zero-order chi connectivity index (χ0) is 10.1. The van der Waals surface area contributed by atoms with Crippen LogP contribution in [0.5, 0.6) is 0 Å². The Labute approximate surface area is 81.3 Å². The Hall–Kier alpha value is -0.120. The Bertz CT molecular complexity index is 170. The molecule has 0 aromatic heterocycles. The van der Waals surface area contributed by atoms with Gasteiger partial charge in [0.15, 0.2) is 0 Å². The van der Waals surface area contributed by atoms with E-state index in [-0.39, 0.29) is 5.54 Å². The Morgan fingerprint density at radius 2 is 2.00 bits per heavy atom. The van der Waals surface area contributed by atoms with Crippen LogP contribution in [0, 0.1) is 0 Å². The van der Waals surface area contributed by atoms with Crippen LogP contribution in [-0.4, -0.2) is 60.3 Å². The Morgan fingerprint density at radius 1 is 1.38 bits per heavy atom. The molecule has 3 heteroatoms. The molecule has 0 aliphatic carbocycles. The van der Waals surface area contributed by atoms with Gasteiger partial charge >= 0.3 is 0 Å². The fraction of sp³-hybridized carbons (Fsp3) is 1.00. The van der Waals surface area contributed by atoms with Crippen molar-refractivity contribution in [3.05, 3.63) is 0 Å². The first-order valence-electron chi connectivity index (χ1n) is 4.99. The van der Waals surface area contributed by atoms with Crippen molar-refractivity contribution < 1.29 is 5.11 Å². The van der Waals surface area contributed by atoms with Gasteiger partial charge < -0.3 is 10.0 Å². The van der Waals surface area contributed by atoms with E-state index in [1.165, 1.54) is 0 Å². The highest BCUT2D eigenvalue weighted by Gasteiger charge is 2.35. The molecule has 0 saturated carbocycles. The molecule has 78 valence electrons. The first kappa shape index (κ1) is 11.0. The normalized spacial score (nSPS) is 30.7. The van der Waals surface area contributed by atoms with Crippen LogP contribution in [0.1, 0.15) is 20.3 Å². The van der Waals surface area contributed by atoms with E-state index in [1.54, 1.807) is 0 Å². The number of hydrogen-bond donors (Lipinski definition) is 1. The van der Waals surface area contributed by atoms with E-state index in [0.29, 0.717) is 12.6 Å². The average Bonchev–Trinajstić information content (AvgIpc) is 1.99. The van der Waals surface area contributed by atoms with Crippen LogP contribution < -0.4 is 0 Å². The highest BCUT2D eigenvalue weighted by Crippen LogP contribution is 2.23. The van der Waals surface area contributed by atoms with Gasteiger partial charge in [-0.25, -0.2) is 0 Å². The molecule has 0 spiro atoms. The third-order valence-corrected chi connectivity index (χ3v) is 3.14. The maximum absolute atomic E-state index is 8.95. The summed E-state index contributed by atoms with van der Waals surface area (Å²) in [7, 11) is 4.31. The third-order valence-electron chi connectivity index (χ3n) is 3.14. The molecule has 1 atom stereocenters. The van der Waals surface area contributed by atoms with Crippen LogP contribution in [0.25, 0.3) is 0 Å². The molecule has 0 aromatic carbocycles. The molecule has 13 heavy (non-hydrogen) atoms. The third kappa shape index (κ3) is 2.42. The second kappa shape index (κ2) is 3.95. The summed E-state index contributed by atoms with van der Waals surface area (Å²) in [6, 6.07) is 0.499. The molecule has 1 rings (SSSR count). The van der Waals surface area contributed by atoms with E-state index in [0.717, 1.165) is 19.5 Å². The van der Waals surface area contributed by atoms with Gasteiger partial charge in [0.1, 0.15) is 0 Å². The first-order chi connectivity index (χ1) is 5.97. The Balaban J connectivity index is 2.64. The maximum atomic E-state index is 8.95. The van der Waals surface area contributed by atoms with Gasteiger partial charge in [0.25, 0.3) is 0 Å². The van der Waals surface area contributed by atoms with Crippen molar-refractivity contribution in [2.24, 2.45) is 0 Å². The topological polar surface area (TPSA) is 26.7 Å². The lowest BCUT2D eigenvalue weighted by atomic mass is 9.95. The van der Waals surface area contributed by atoms with Crippen LogP contribution in [0.4, 0.5) is 0 Å². The molecule has 1 unspecified atom stereocenters. The number of likely N-dealkylation sites (N-methyl/N-ethyl adjacent to an activating group) is 2. The smallest absolute Gasteiger partial charge is 0.0446 e. The van der Waals surface area contributed by atoms with Crippen LogP contribution in [0.3, 0.4) is 0 Å². The fourth-order valence-corrected chi connectivity index (χ4v) is 2.25. The van der Waals surface area contributed by atoms with Crippen molar-refractivity contribution in [3.8, 4) is 0 Å². The molecule has 3 nitrogen and oxygen atoms in total. The lowest BCUT2D eigenvalue weighted by Gasteiger charge is -2.49. The van der Waals surface area contributed by atoms with Crippen LogP contribution in [0.2, 0.25) is 0 Å². The van der Waals surface area contributed by atoms with Crippen molar-refractivity contribution in [2.75, 3.05) is 33.8 Å². The number of piperazine rings is 1. The number of hydrogen-bond acceptors (Lipinski definition) is 3. The van der Waals surface area contributed by atoms with E-state index >= 15 is 0 Å². The molecule has 0 radical (unpaired) electrons. The molecule has 0 bridgehead atoms. The number of nitrogens with zero attached hydrogens (tertiary/aromatic N) is 2. The number of aliphatic hydroxyl groups is 1. The van der Waals surface area contributed by atoms with Crippen molar-refractivity contribution >= 4 is 0 Å². The van der Waals surface area contributed by atoms with E-state index in [2.05, 4.69) is 37.7 Å². The van der Waals surface area contributed by atoms with Crippen molar-refractivity contribution in [3.63, 3.8) is 0 Å². The first-order valence-corrected chi connectivity index (χ1v) is 4.99. The zero-order valence-electron chi connectivity index (χ0n) is 9.25. The van der Waals surface area contributed by atoms with Gasteiger partial charge in [0, 0.05) is 31.3 Å². The van der Waals surface area contributed by atoms with Crippen molar-refractivity contribution in [1.82, 2.24) is 9.80 Å². The summed E-state index contributed by atoms with van der Waals surface area (Å²) in [5.74, 6) is 0. The molecule has 1 saturated heterocycles. The molecular formula is C10H22N2O. The predicted octanol–water partition coefficient (Wildman–Crippen LogP) is 0.393. The summed E-state index contributed by atoms with van der Waals surface area (Å²) < 4.78 is 0. The largest absolute Gasteiger partial charge is 0.396 e. The summed E-state index contributed by atoms with van der Waals surface area (Å²) >= 11 is 0. The minimum atomic E-state index is 0.229. The Morgan fingerprint density at radius 3 is 2.54 bits per heavy atom. The number of aliphatic hydroxyl groups excluding tert-OH is 1. The van der Waals surface area contributed by atoms with Gasteiger partial charge in [-0.1, -0.05) is 0 Å². The van der Waals surface area contributed by atoms with Gasteiger partial charge in [-0.2, -0.15) is 0 Å². The van der Waals surface area contributed by atoms with Crippen LogP contribution >= 0.6 is 0 Å². The quantitative estimate of drug-likeness (QED) is 0.676. The van der Waals surface area contributed by atoms with Gasteiger partial charge in [-0.3, -0.25) is 4.90 Å². The SMILES string of the molecule is CN1CC(CCO)N(C)C(C)(C)C1. The summed E-state index contributed by atoms with van der Waals surface area (Å²) in [5, 5.41) is 8.95. The average molecular weight is 186 g/mol. The molecule has 1 heterocycles. The minimum absolute atomic E-state index is 0.229. The maximum Gasteiger partial charge on any atom is 0.0446 e. The molecule has 1 aliphatic heterocycles. The highest BCUT2D eigenvalue weighted by molar-refractivity contribution is 4.92. The molecular weight excluding hydrogens is 164 g/mol.